The van der Waals surface area contributed by atoms with Crippen molar-refractivity contribution in [3.05, 3.63) is 65.7 Å². The van der Waals surface area contributed by atoms with Crippen molar-refractivity contribution in [2.24, 2.45) is 0 Å². The van der Waals surface area contributed by atoms with Crippen LogP contribution in [0, 0.1) is 5.82 Å². The summed E-state index contributed by atoms with van der Waals surface area (Å²) >= 11 is 0. The summed E-state index contributed by atoms with van der Waals surface area (Å²) in [6, 6.07) is 9.36. The van der Waals surface area contributed by atoms with Crippen molar-refractivity contribution in [3.8, 4) is 16.9 Å². The summed E-state index contributed by atoms with van der Waals surface area (Å²) in [6.07, 6.45) is 4.07. The van der Waals surface area contributed by atoms with Gasteiger partial charge in [0.15, 0.2) is 0 Å². The number of esters is 1. The van der Waals surface area contributed by atoms with Gasteiger partial charge in [-0.15, -0.1) is 0 Å². The maximum absolute atomic E-state index is 13.8. The summed E-state index contributed by atoms with van der Waals surface area (Å²) in [6.45, 7) is 0.141. The van der Waals surface area contributed by atoms with Gasteiger partial charge in [0.05, 0.1) is 32.5 Å². The number of aromatic amines is 1. The number of hydrogen-bond acceptors (Lipinski definition) is 5. The SMILES string of the molecule is COC(=O)c1cc(CN(C=O)c2ccc(-c3cn[nH]c3)c(OC)c2)ccc1F. The quantitative estimate of drug-likeness (QED) is 0.500. The highest BCUT2D eigenvalue weighted by molar-refractivity contribution is 5.90. The summed E-state index contributed by atoms with van der Waals surface area (Å²) in [7, 11) is 2.72. The van der Waals surface area contributed by atoms with Crippen molar-refractivity contribution in [1.29, 1.82) is 0 Å². The number of rotatable bonds is 7. The van der Waals surface area contributed by atoms with Gasteiger partial charge in [-0.1, -0.05) is 6.07 Å². The fraction of sp³-hybridized carbons (Fsp3) is 0.150. The Kier molecular flexibility index (Phi) is 5.69. The number of carbonyl (C=O) groups is 2. The second-order valence-electron chi connectivity index (χ2n) is 5.91. The highest BCUT2D eigenvalue weighted by Crippen LogP contribution is 2.33. The summed E-state index contributed by atoms with van der Waals surface area (Å²) in [5.74, 6) is -0.886. The fourth-order valence-corrected chi connectivity index (χ4v) is 2.82. The van der Waals surface area contributed by atoms with Gasteiger partial charge < -0.3 is 14.4 Å². The minimum absolute atomic E-state index is 0.141. The van der Waals surface area contributed by atoms with E-state index < -0.39 is 11.8 Å². The van der Waals surface area contributed by atoms with Crippen LogP contribution < -0.4 is 9.64 Å². The van der Waals surface area contributed by atoms with Gasteiger partial charge in [0, 0.05) is 29.1 Å². The number of H-pyrrole nitrogens is 1. The third kappa shape index (κ3) is 3.85. The Hall–Kier alpha value is -3.68. The van der Waals surface area contributed by atoms with Gasteiger partial charge in [0.25, 0.3) is 0 Å². The summed E-state index contributed by atoms with van der Waals surface area (Å²) in [5, 5.41) is 6.67. The van der Waals surface area contributed by atoms with E-state index in [0.717, 1.165) is 11.1 Å². The summed E-state index contributed by atoms with van der Waals surface area (Å²) < 4.78 is 23.8. The van der Waals surface area contributed by atoms with Gasteiger partial charge >= 0.3 is 5.97 Å². The van der Waals surface area contributed by atoms with E-state index in [4.69, 9.17) is 4.74 Å². The molecule has 0 aliphatic rings. The zero-order chi connectivity index (χ0) is 20.1. The number of aromatic nitrogens is 2. The molecule has 28 heavy (non-hydrogen) atoms. The number of anilines is 1. The number of hydrogen-bond donors (Lipinski definition) is 1. The lowest BCUT2D eigenvalue weighted by Crippen LogP contribution is -2.21. The van der Waals surface area contributed by atoms with E-state index in [0.29, 0.717) is 23.4 Å². The molecule has 0 saturated carbocycles. The lowest BCUT2D eigenvalue weighted by Gasteiger charge is -2.20. The molecule has 3 aromatic rings. The molecule has 0 saturated heterocycles. The number of amides is 1. The van der Waals surface area contributed by atoms with E-state index >= 15 is 0 Å². The molecule has 144 valence electrons. The van der Waals surface area contributed by atoms with Crippen molar-refractivity contribution in [3.63, 3.8) is 0 Å². The lowest BCUT2D eigenvalue weighted by molar-refractivity contribution is -0.107. The predicted molar refractivity (Wildman–Crippen MR) is 101 cm³/mol. The molecule has 3 rings (SSSR count). The third-order valence-electron chi connectivity index (χ3n) is 4.24. The van der Waals surface area contributed by atoms with Gasteiger partial charge in [-0.25, -0.2) is 9.18 Å². The molecule has 0 unspecified atom stereocenters. The summed E-state index contributed by atoms with van der Waals surface area (Å²) in [4.78, 5) is 24.8. The van der Waals surface area contributed by atoms with E-state index in [9.17, 15) is 14.0 Å². The third-order valence-corrected chi connectivity index (χ3v) is 4.24. The molecule has 0 bridgehead atoms. The molecular weight excluding hydrogens is 365 g/mol. The monoisotopic (exact) mass is 383 g/mol. The normalized spacial score (nSPS) is 10.4. The Balaban J connectivity index is 1.90. The highest BCUT2D eigenvalue weighted by atomic mass is 19.1. The molecule has 7 nitrogen and oxygen atoms in total. The molecule has 0 spiro atoms. The first-order valence-corrected chi connectivity index (χ1v) is 8.33. The van der Waals surface area contributed by atoms with Crippen LogP contribution in [-0.4, -0.2) is 36.8 Å². The van der Waals surface area contributed by atoms with Crippen molar-refractivity contribution >= 4 is 18.1 Å². The Labute approximate surface area is 160 Å². The van der Waals surface area contributed by atoms with Crippen molar-refractivity contribution in [1.82, 2.24) is 10.2 Å². The Bertz CT molecular complexity index is 989. The predicted octanol–water partition coefficient (Wildman–Crippen LogP) is 3.17. The van der Waals surface area contributed by atoms with Gasteiger partial charge in [-0.2, -0.15) is 5.10 Å². The molecule has 0 aliphatic heterocycles. The van der Waals surface area contributed by atoms with E-state index in [1.807, 2.05) is 6.07 Å². The molecule has 1 amide bonds. The van der Waals surface area contributed by atoms with E-state index in [1.54, 1.807) is 24.5 Å². The molecular formula is C20H18FN3O4. The zero-order valence-electron chi connectivity index (χ0n) is 15.3. The van der Waals surface area contributed by atoms with Crippen LogP contribution in [0.4, 0.5) is 10.1 Å². The number of carbonyl (C=O) groups excluding carboxylic acids is 2. The molecule has 0 atom stereocenters. The van der Waals surface area contributed by atoms with Crippen LogP contribution in [0.1, 0.15) is 15.9 Å². The van der Waals surface area contributed by atoms with Crippen LogP contribution in [-0.2, 0) is 16.1 Å². The molecule has 2 aromatic carbocycles. The van der Waals surface area contributed by atoms with Crippen LogP contribution in [0.5, 0.6) is 5.75 Å². The number of benzene rings is 2. The first kappa shape index (κ1) is 19.1. The van der Waals surface area contributed by atoms with Crippen LogP contribution in [0.2, 0.25) is 0 Å². The molecule has 1 heterocycles. The molecule has 8 heteroatoms. The fourth-order valence-electron chi connectivity index (χ4n) is 2.82. The first-order chi connectivity index (χ1) is 13.6. The number of halogens is 1. The topological polar surface area (TPSA) is 84.5 Å². The minimum atomic E-state index is -0.775. The Morgan fingerprint density at radius 3 is 2.71 bits per heavy atom. The Morgan fingerprint density at radius 1 is 1.25 bits per heavy atom. The van der Waals surface area contributed by atoms with E-state index in [2.05, 4.69) is 14.9 Å². The second kappa shape index (κ2) is 8.34. The van der Waals surface area contributed by atoms with Crippen LogP contribution in [0.25, 0.3) is 11.1 Å². The minimum Gasteiger partial charge on any atom is -0.496 e. The smallest absolute Gasteiger partial charge is 0.340 e. The maximum atomic E-state index is 13.8. The Morgan fingerprint density at radius 2 is 2.07 bits per heavy atom. The zero-order valence-corrected chi connectivity index (χ0v) is 15.3. The van der Waals surface area contributed by atoms with Gasteiger partial charge in [0.1, 0.15) is 11.6 Å². The van der Waals surface area contributed by atoms with Gasteiger partial charge in [-0.3, -0.25) is 9.89 Å². The van der Waals surface area contributed by atoms with Crippen LogP contribution in [0.15, 0.2) is 48.8 Å². The van der Waals surface area contributed by atoms with Crippen molar-refractivity contribution in [2.45, 2.75) is 6.54 Å². The maximum Gasteiger partial charge on any atom is 0.340 e. The first-order valence-electron chi connectivity index (χ1n) is 8.33. The van der Waals surface area contributed by atoms with Gasteiger partial charge in [0.2, 0.25) is 6.41 Å². The van der Waals surface area contributed by atoms with E-state index in [-0.39, 0.29) is 12.1 Å². The molecule has 0 aliphatic carbocycles. The molecule has 0 radical (unpaired) electrons. The summed E-state index contributed by atoms with van der Waals surface area (Å²) in [5.41, 5.74) is 2.65. The van der Waals surface area contributed by atoms with Crippen LogP contribution in [0.3, 0.4) is 0 Å². The average molecular weight is 383 g/mol. The number of methoxy groups -OCH3 is 2. The largest absolute Gasteiger partial charge is 0.496 e. The molecule has 0 fully saturated rings. The second-order valence-corrected chi connectivity index (χ2v) is 5.91. The highest BCUT2D eigenvalue weighted by Gasteiger charge is 2.16. The van der Waals surface area contributed by atoms with Crippen molar-refractivity contribution in [2.75, 3.05) is 19.1 Å². The lowest BCUT2D eigenvalue weighted by atomic mass is 10.1. The average Bonchev–Trinajstić information content (AvgIpc) is 3.26. The number of nitrogens with zero attached hydrogens (tertiary/aromatic N) is 2. The number of ether oxygens (including phenoxy) is 2. The van der Waals surface area contributed by atoms with Crippen LogP contribution >= 0.6 is 0 Å². The molecule has 1 N–H and O–H groups in total. The van der Waals surface area contributed by atoms with Gasteiger partial charge in [-0.05, 0) is 29.8 Å². The standard InChI is InChI=1S/C20H18FN3O4/c1-27-19-8-15(4-5-16(19)14-9-22-23-10-14)24(12-25)11-13-3-6-18(21)17(7-13)20(26)28-2/h3-10,12H,11H2,1-2H3,(H,22,23). The number of nitrogens with one attached hydrogen (secondary N) is 1. The van der Waals surface area contributed by atoms with Crippen molar-refractivity contribution < 1.29 is 23.5 Å². The van der Waals surface area contributed by atoms with E-state index in [1.165, 1.54) is 37.3 Å². The molecule has 1 aromatic heterocycles.